The molecule has 3 aromatic carbocycles. The fourth-order valence-corrected chi connectivity index (χ4v) is 2.86. The molecule has 1 aromatic heterocycles. The first-order valence-electron chi connectivity index (χ1n) is 7.79. The summed E-state index contributed by atoms with van der Waals surface area (Å²) in [5, 5.41) is 3.07. The minimum absolute atomic E-state index is 0.366. The number of nitrogens with zero attached hydrogens (tertiary/aromatic N) is 1. The molecule has 0 aliphatic heterocycles. The van der Waals surface area contributed by atoms with Crippen LogP contribution in [0.15, 0.2) is 87.0 Å². The summed E-state index contributed by atoms with van der Waals surface area (Å²) in [5.41, 5.74) is 2.20. The fraction of sp³-hybridized carbons (Fsp3) is 0.0476. The number of aliphatic imine (C=N–C) groups is 1. The predicted molar refractivity (Wildman–Crippen MR) is 98.3 cm³/mol. The molecule has 0 radical (unpaired) electrons. The first-order valence-corrected chi connectivity index (χ1v) is 7.79. The highest BCUT2D eigenvalue weighted by Crippen LogP contribution is 2.26. The lowest BCUT2D eigenvalue weighted by molar-refractivity contribution is 0.559. The lowest BCUT2D eigenvalue weighted by atomic mass is 10.1. The predicted octanol–water partition coefficient (Wildman–Crippen LogP) is 5.09. The molecule has 1 heterocycles. The van der Waals surface area contributed by atoms with Gasteiger partial charge in [-0.1, -0.05) is 54.6 Å². The molecule has 3 nitrogen and oxygen atoms in total. The van der Waals surface area contributed by atoms with E-state index in [-0.39, 0.29) is 5.63 Å². The van der Waals surface area contributed by atoms with E-state index in [2.05, 4.69) is 4.99 Å². The van der Waals surface area contributed by atoms with Crippen molar-refractivity contribution in [2.75, 3.05) is 0 Å². The van der Waals surface area contributed by atoms with Crippen LogP contribution in [0.25, 0.3) is 21.7 Å². The molecular weight excluding hydrogens is 298 g/mol. The number of fused-ring (bicyclic) bond motifs is 2. The lowest BCUT2D eigenvalue weighted by Crippen LogP contribution is -2.11. The van der Waals surface area contributed by atoms with Crippen LogP contribution in [0.4, 0.5) is 5.69 Å². The van der Waals surface area contributed by atoms with Gasteiger partial charge in [0.1, 0.15) is 5.58 Å². The van der Waals surface area contributed by atoms with Gasteiger partial charge in [0, 0.05) is 10.8 Å². The monoisotopic (exact) mass is 313 g/mol. The van der Waals surface area contributed by atoms with Crippen molar-refractivity contribution >= 4 is 33.1 Å². The van der Waals surface area contributed by atoms with Crippen molar-refractivity contribution in [2.24, 2.45) is 4.99 Å². The average Bonchev–Trinajstić information content (AvgIpc) is 2.61. The summed E-state index contributed by atoms with van der Waals surface area (Å²) >= 11 is 0. The SMILES string of the molecule is CC(=Nc1cccc2ccccc12)c1cc2ccccc2oc1=O. The molecule has 0 bridgehead atoms. The summed E-state index contributed by atoms with van der Waals surface area (Å²) in [6, 6.07) is 23.4. The third-order valence-electron chi connectivity index (χ3n) is 4.09. The quantitative estimate of drug-likeness (QED) is 0.382. The molecule has 116 valence electrons. The molecule has 0 spiro atoms. The third kappa shape index (κ3) is 2.50. The maximum Gasteiger partial charge on any atom is 0.345 e. The molecule has 0 atom stereocenters. The van der Waals surface area contributed by atoms with E-state index in [4.69, 9.17) is 4.42 Å². The van der Waals surface area contributed by atoms with Crippen molar-refractivity contribution in [3.8, 4) is 0 Å². The molecule has 4 aromatic rings. The largest absolute Gasteiger partial charge is 0.422 e. The van der Waals surface area contributed by atoms with Gasteiger partial charge in [-0.25, -0.2) is 4.79 Å². The Morgan fingerprint density at radius 1 is 0.875 bits per heavy atom. The van der Waals surface area contributed by atoms with Gasteiger partial charge in [0.15, 0.2) is 0 Å². The molecule has 0 aliphatic carbocycles. The zero-order valence-electron chi connectivity index (χ0n) is 13.2. The Kier molecular flexibility index (Phi) is 3.47. The highest BCUT2D eigenvalue weighted by Gasteiger charge is 2.09. The van der Waals surface area contributed by atoms with Crippen LogP contribution in [-0.2, 0) is 0 Å². The molecule has 3 heteroatoms. The van der Waals surface area contributed by atoms with E-state index in [9.17, 15) is 4.79 Å². The van der Waals surface area contributed by atoms with Gasteiger partial charge in [-0.05, 0) is 30.5 Å². The average molecular weight is 313 g/mol. The number of hydrogen-bond acceptors (Lipinski definition) is 3. The highest BCUT2D eigenvalue weighted by molar-refractivity contribution is 6.04. The Balaban J connectivity index is 1.88. The van der Waals surface area contributed by atoms with E-state index in [1.54, 1.807) is 6.07 Å². The van der Waals surface area contributed by atoms with Gasteiger partial charge >= 0.3 is 5.63 Å². The highest BCUT2D eigenvalue weighted by atomic mass is 16.4. The Bertz CT molecular complexity index is 1130. The standard InChI is InChI=1S/C21H15NO2/c1-14(18-13-16-8-3-5-12-20(16)24-21(18)23)22-19-11-6-9-15-7-2-4-10-17(15)19/h2-13H,1H3. The molecule has 4 rings (SSSR count). The van der Waals surface area contributed by atoms with Crippen LogP contribution >= 0.6 is 0 Å². The van der Waals surface area contributed by atoms with Gasteiger partial charge in [0.2, 0.25) is 0 Å². The van der Waals surface area contributed by atoms with Crippen LogP contribution in [0.2, 0.25) is 0 Å². The van der Waals surface area contributed by atoms with Crippen molar-refractivity contribution in [1.82, 2.24) is 0 Å². The number of para-hydroxylation sites is 1. The van der Waals surface area contributed by atoms with Crippen LogP contribution in [-0.4, -0.2) is 5.71 Å². The van der Waals surface area contributed by atoms with Gasteiger partial charge < -0.3 is 4.42 Å². The minimum Gasteiger partial charge on any atom is -0.422 e. The summed E-state index contributed by atoms with van der Waals surface area (Å²) in [7, 11) is 0. The van der Waals surface area contributed by atoms with E-state index < -0.39 is 0 Å². The molecule has 24 heavy (non-hydrogen) atoms. The van der Waals surface area contributed by atoms with Crippen LogP contribution in [0.5, 0.6) is 0 Å². The zero-order chi connectivity index (χ0) is 16.5. The normalized spacial score (nSPS) is 12.0. The summed E-state index contributed by atoms with van der Waals surface area (Å²) in [4.78, 5) is 17.0. The van der Waals surface area contributed by atoms with Crippen molar-refractivity contribution < 1.29 is 4.42 Å². The second-order valence-corrected chi connectivity index (χ2v) is 5.68. The first kappa shape index (κ1) is 14.4. The molecular formula is C21H15NO2. The number of benzene rings is 3. The smallest absolute Gasteiger partial charge is 0.345 e. The Morgan fingerprint density at radius 2 is 1.58 bits per heavy atom. The van der Waals surface area contributed by atoms with Crippen LogP contribution in [0.3, 0.4) is 0 Å². The Hall–Kier alpha value is -3.20. The van der Waals surface area contributed by atoms with E-state index in [1.165, 1.54) is 0 Å². The zero-order valence-corrected chi connectivity index (χ0v) is 13.2. The van der Waals surface area contributed by atoms with Gasteiger partial charge in [-0.2, -0.15) is 0 Å². The lowest BCUT2D eigenvalue weighted by Gasteiger charge is -2.05. The van der Waals surface area contributed by atoms with Crippen LogP contribution in [0.1, 0.15) is 12.5 Å². The van der Waals surface area contributed by atoms with Crippen LogP contribution < -0.4 is 5.63 Å². The van der Waals surface area contributed by atoms with E-state index in [1.807, 2.05) is 73.7 Å². The van der Waals surface area contributed by atoms with E-state index in [0.717, 1.165) is 21.8 Å². The third-order valence-corrected chi connectivity index (χ3v) is 4.09. The topological polar surface area (TPSA) is 42.6 Å². The van der Waals surface area contributed by atoms with E-state index in [0.29, 0.717) is 16.9 Å². The van der Waals surface area contributed by atoms with Gasteiger partial charge in [0.05, 0.1) is 17.0 Å². The Labute approximate surface area is 138 Å². The molecule has 0 unspecified atom stereocenters. The Morgan fingerprint density at radius 3 is 2.46 bits per heavy atom. The summed E-state index contributed by atoms with van der Waals surface area (Å²) in [6.07, 6.45) is 0. The molecule has 0 fully saturated rings. The fourth-order valence-electron chi connectivity index (χ4n) is 2.86. The molecule has 0 saturated carbocycles. The summed E-state index contributed by atoms with van der Waals surface area (Å²) < 4.78 is 5.40. The maximum atomic E-state index is 12.3. The van der Waals surface area contributed by atoms with Crippen LogP contribution in [0, 0.1) is 0 Å². The van der Waals surface area contributed by atoms with E-state index >= 15 is 0 Å². The molecule has 0 saturated heterocycles. The molecule has 0 aliphatic rings. The van der Waals surface area contributed by atoms with Gasteiger partial charge in [-0.3, -0.25) is 4.99 Å². The molecule has 0 N–H and O–H groups in total. The molecule has 0 amide bonds. The summed E-state index contributed by atoms with van der Waals surface area (Å²) in [6.45, 7) is 1.84. The van der Waals surface area contributed by atoms with Crippen molar-refractivity contribution in [3.05, 3.63) is 88.8 Å². The number of hydrogen-bond donors (Lipinski definition) is 0. The van der Waals surface area contributed by atoms with Crippen molar-refractivity contribution in [2.45, 2.75) is 6.92 Å². The second kappa shape index (κ2) is 5.78. The van der Waals surface area contributed by atoms with Gasteiger partial charge in [-0.15, -0.1) is 0 Å². The number of rotatable bonds is 2. The van der Waals surface area contributed by atoms with Crippen molar-refractivity contribution in [3.63, 3.8) is 0 Å². The first-order chi connectivity index (χ1) is 11.7. The second-order valence-electron chi connectivity index (χ2n) is 5.68. The summed E-state index contributed by atoms with van der Waals surface area (Å²) in [5.74, 6) is 0. The minimum atomic E-state index is -0.366. The van der Waals surface area contributed by atoms with Crippen molar-refractivity contribution in [1.29, 1.82) is 0 Å². The maximum absolute atomic E-state index is 12.3. The van der Waals surface area contributed by atoms with Gasteiger partial charge in [0.25, 0.3) is 0 Å².